The van der Waals surface area contributed by atoms with E-state index in [1.807, 2.05) is 26.8 Å². The van der Waals surface area contributed by atoms with E-state index in [1.54, 1.807) is 12.1 Å². The first-order valence-electron chi connectivity index (χ1n) is 9.23. The number of nitrogens with zero attached hydrogens (tertiary/aromatic N) is 1. The molecule has 8 nitrogen and oxygen atoms in total. The smallest absolute Gasteiger partial charge is 0.293 e. The van der Waals surface area contributed by atoms with Crippen LogP contribution in [-0.2, 0) is 6.42 Å². The lowest BCUT2D eigenvalue weighted by Gasteiger charge is -2.14. The molecule has 0 saturated heterocycles. The number of hydrogen-bond acceptors (Lipinski definition) is 6. The van der Waals surface area contributed by atoms with Crippen LogP contribution in [0.15, 0.2) is 30.3 Å². The van der Waals surface area contributed by atoms with Crippen LogP contribution in [0.25, 0.3) is 0 Å². The van der Waals surface area contributed by atoms with E-state index in [-0.39, 0.29) is 17.4 Å². The fraction of sp³-hybridized carbons (Fsp3) is 0.350. The first kappa shape index (κ1) is 19.5. The van der Waals surface area contributed by atoms with Crippen LogP contribution in [0.2, 0.25) is 0 Å². The molecule has 1 aliphatic heterocycles. The third-order valence-corrected chi connectivity index (χ3v) is 4.37. The van der Waals surface area contributed by atoms with E-state index in [2.05, 4.69) is 10.6 Å². The topological polar surface area (TPSA) is 103 Å². The molecule has 1 atom stereocenters. The minimum Gasteiger partial charge on any atom is -0.492 e. The Morgan fingerprint density at radius 3 is 2.75 bits per heavy atom. The van der Waals surface area contributed by atoms with Crippen LogP contribution >= 0.6 is 0 Å². The Morgan fingerprint density at radius 2 is 2.07 bits per heavy atom. The van der Waals surface area contributed by atoms with E-state index >= 15 is 0 Å². The molecule has 1 amide bonds. The van der Waals surface area contributed by atoms with Gasteiger partial charge in [0.1, 0.15) is 23.3 Å². The lowest BCUT2D eigenvalue weighted by Crippen LogP contribution is -2.14. The summed E-state index contributed by atoms with van der Waals surface area (Å²) in [6.07, 6.45) is 0.846. The molecule has 0 saturated carbocycles. The van der Waals surface area contributed by atoms with E-state index in [4.69, 9.17) is 9.47 Å². The van der Waals surface area contributed by atoms with E-state index in [1.165, 1.54) is 12.1 Å². The van der Waals surface area contributed by atoms with Gasteiger partial charge in [-0.15, -0.1) is 0 Å². The fourth-order valence-corrected chi connectivity index (χ4v) is 3.17. The molecular formula is C20H23N3O5. The van der Waals surface area contributed by atoms with Crippen molar-refractivity contribution in [3.63, 3.8) is 0 Å². The number of amides is 1. The predicted molar refractivity (Wildman–Crippen MR) is 107 cm³/mol. The van der Waals surface area contributed by atoms with Crippen LogP contribution in [0.1, 0.15) is 36.7 Å². The molecule has 1 aliphatic rings. The van der Waals surface area contributed by atoms with Crippen molar-refractivity contribution in [3.05, 3.63) is 51.6 Å². The maximum atomic E-state index is 12.7. The Labute approximate surface area is 163 Å². The van der Waals surface area contributed by atoms with Crippen molar-refractivity contribution >= 4 is 23.0 Å². The molecule has 2 aromatic carbocycles. The summed E-state index contributed by atoms with van der Waals surface area (Å²) < 4.78 is 11.4. The van der Waals surface area contributed by atoms with Gasteiger partial charge in [0.15, 0.2) is 0 Å². The zero-order chi connectivity index (χ0) is 20.3. The molecule has 1 unspecified atom stereocenters. The zero-order valence-electron chi connectivity index (χ0n) is 16.1. The molecule has 28 heavy (non-hydrogen) atoms. The maximum Gasteiger partial charge on any atom is 0.293 e. The van der Waals surface area contributed by atoms with Crippen molar-refractivity contribution in [3.8, 4) is 11.5 Å². The molecule has 0 aliphatic carbocycles. The summed E-state index contributed by atoms with van der Waals surface area (Å²) in [7, 11) is 0. The second-order valence-corrected chi connectivity index (χ2v) is 6.50. The summed E-state index contributed by atoms with van der Waals surface area (Å²) in [5.41, 5.74) is 1.91. The highest BCUT2D eigenvalue weighted by molar-refractivity contribution is 6.06. The Morgan fingerprint density at radius 1 is 1.29 bits per heavy atom. The number of rotatable bonds is 7. The standard InChI is InChI=1S/C20H23N3O5/c1-4-21-15-7-6-13(9-17(15)23(25)26)20(24)22-16-11-18-14(8-12(3)28-18)10-19(16)27-5-2/h6-7,9-12,21H,4-5,8H2,1-3H3,(H,22,24). The summed E-state index contributed by atoms with van der Waals surface area (Å²) >= 11 is 0. The van der Waals surface area contributed by atoms with Crippen LogP contribution in [-0.4, -0.2) is 30.1 Å². The van der Waals surface area contributed by atoms with Gasteiger partial charge in [-0.3, -0.25) is 14.9 Å². The van der Waals surface area contributed by atoms with Gasteiger partial charge in [-0.05, 0) is 39.0 Å². The highest BCUT2D eigenvalue weighted by Gasteiger charge is 2.23. The number of benzene rings is 2. The number of nitro groups is 1. The van der Waals surface area contributed by atoms with Gasteiger partial charge < -0.3 is 20.1 Å². The minimum atomic E-state index is -0.509. The summed E-state index contributed by atoms with van der Waals surface area (Å²) in [6.45, 7) is 6.67. The van der Waals surface area contributed by atoms with Gasteiger partial charge in [-0.2, -0.15) is 0 Å². The van der Waals surface area contributed by atoms with E-state index < -0.39 is 10.8 Å². The SMILES string of the molecule is CCNc1ccc(C(=O)Nc2cc3c(cc2OCC)CC(C)O3)cc1[N+](=O)[O-]. The molecule has 1 heterocycles. The van der Waals surface area contributed by atoms with Crippen LogP contribution < -0.4 is 20.1 Å². The van der Waals surface area contributed by atoms with Crippen molar-refractivity contribution in [2.24, 2.45) is 0 Å². The Bertz CT molecular complexity index is 913. The molecule has 2 aromatic rings. The molecule has 0 radical (unpaired) electrons. The normalized spacial score (nSPS) is 14.8. The van der Waals surface area contributed by atoms with Crippen LogP contribution in [0.5, 0.6) is 11.5 Å². The molecule has 8 heteroatoms. The largest absolute Gasteiger partial charge is 0.492 e. The number of carbonyl (C=O) groups excluding carboxylic acids is 1. The van der Waals surface area contributed by atoms with Gasteiger partial charge in [0, 0.05) is 36.2 Å². The number of carbonyl (C=O) groups is 1. The molecule has 0 fully saturated rings. The minimum absolute atomic E-state index is 0.0664. The molecular weight excluding hydrogens is 362 g/mol. The van der Waals surface area contributed by atoms with Crippen LogP contribution in [0.3, 0.4) is 0 Å². The van der Waals surface area contributed by atoms with E-state index in [0.29, 0.717) is 36.0 Å². The third-order valence-electron chi connectivity index (χ3n) is 4.37. The Hall–Kier alpha value is -3.29. The van der Waals surface area contributed by atoms with Gasteiger partial charge >= 0.3 is 0 Å². The Balaban J connectivity index is 1.90. The van der Waals surface area contributed by atoms with Gasteiger partial charge in [-0.1, -0.05) is 0 Å². The van der Waals surface area contributed by atoms with Crippen LogP contribution in [0.4, 0.5) is 17.1 Å². The lowest BCUT2D eigenvalue weighted by atomic mass is 10.1. The first-order valence-corrected chi connectivity index (χ1v) is 9.23. The highest BCUT2D eigenvalue weighted by Crippen LogP contribution is 2.38. The van der Waals surface area contributed by atoms with Gasteiger partial charge in [-0.25, -0.2) is 0 Å². The molecule has 0 spiro atoms. The molecule has 0 aromatic heterocycles. The summed E-state index contributed by atoms with van der Waals surface area (Å²) in [6, 6.07) is 7.96. The van der Waals surface area contributed by atoms with Crippen molar-refractivity contribution in [2.75, 3.05) is 23.8 Å². The van der Waals surface area contributed by atoms with E-state index in [9.17, 15) is 14.9 Å². The number of ether oxygens (including phenoxy) is 2. The number of nitrogens with one attached hydrogen (secondary N) is 2. The van der Waals surface area contributed by atoms with Crippen LogP contribution in [0, 0.1) is 10.1 Å². The number of hydrogen-bond donors (Lipinski definition) is 2. The quantitative estimate of drug-likeness (QED) is 0.552. The molecule has 2 N–H and O–H groups in total. The van der Waals surface area contributed by atoms with Crippen molar-refractivity contribution in [2.45, 2.75) is 33.3 Å². The summed E-state index contributed by atoms with van der Waals surface area (Å²) in [5, 5.41) is 17.0. The average Bonchev–Trinajstić information content (AvgIpc) is 3.01. The Kier molecular flexibility index (Phi) is 5.67. The lowest BCUT2D eigenvalue weighted by molar-refractivity contribution is -0.384. The van der Waals surface area contributed by atoms with Gasteiger partial charge in [0.05, 0.1) is 17.2 Å². The van der Waals surface area contributed by atoms with Crippen molar-refractivity contribution < 1.29 is 19.2 Å². The highest BCUT2D eigenvalue weighted by atomic mass is 16.6. The summed E-state index contributed by atoms with van der Waals surface area (Å²) in [4.78, 5) is 23.5. The van der Waals surface area contributed by atoms with Gasteiger partial charge in [0.25, 0.3) is 11.6 Å². The average molecular weight is 385 g/mol. The second-order valence-electron chi connectivity index (χ2n) is 6.50. The first-order chi connectivity index (χ1) is 13.4. The van der Waals surface area contributed by atoms with Gasteiger partial charge in [0.2, 0.25) is 0 Å². The fourth-order valence-electron chi connectivity index (χ4n) is 3.17. The predicted octanol–water partition coefficient (Wildman–Crippen LogP) is 4.00. The molecule has 3 rings (SSSR count). The van der Waals surface area contributed by atoms with E-state index in [0.717, 1.165) is 12.0 Å². The second kappa shape index (κ2) is 8.16. The summed E-state index contributed by atoms with van der Waals surface area (Å²) in [5.74, 6) is 0.795. The maximum absolute atomic E-state index is 12.7. The van der Waals surface area contributed by atoms with Crippen molar-refractivity contribution in [1.29, 1.82) is 0 Å². The number of nitro benzene ring substituents is 1. The molecule has 0 bridgehead atoms. The molecule has 148 valence electrons. The monoisotopic (exact) mass is 385 g/mol. The number of fused-ring (bicyclic) bond motifs is 1. The number of anilines is 2. The zero-order valence-corrected chi connectivity index (χ0v) is 16.1. The third kappa shape index (κ3) is 4.00. The van der Waals surface area contributed by atoms with Crippen molar-refractivity contribution in [1.82, 2.24) is 0 Å².